The standard InChI is InChI=1S/C17H36O2/c1-6-10-16(8-3)12-19-14-17(9-4)13-18-11-15(5)7-2/h15-17H,6-14H2,1-5H3. The fourth-order valence-electron chi connectivity index (χ4n) is 2.05. The van der Waals surface area contributed by atoms with Crippen LogP contribution in [0.2, 0.25) is 0 Å². The Morgan fingerprint density at radius 2 is 1.21 bits per heavy atom. The van der Waals surface area contributed by atoms with Crippen LogP contribution in [0.25, 0.3) is 0 Å². The van der Waals surface area contributed by atoms with Gasteiger partial charge in [0, 0.05) is 19.1 Å². The lowest BCUT2D eigenvalue weighted by Gasteiger charge is -2.19. The molecule has 0 aromatic carbocycles. The summed E-state index contributed by atoms with van der Waals surface area (Å²) in [6.45, 7) is 14.7. The molecule has 19 heavy (non-hydrogen) atoms. The van der Waals surface area contributed by atoms with Crippen LogP contribution in [0.3, 0.4) is 0 Å². The van der Waals surface area contributed by atoms with E-state index in [-0.39, 0.29) is 0 Å². The quantitative estimate of drug-likeness (QED) is 0.474. The molecule has 0 aliphatic rings. The second-order valence-electron chi connectivity index (χ2n) is 5.93. The minimum Gasteiger partial charge on any atom is -0.381 e. The summed E-state index contributed by atoms with van der Waals surface area (Å²) in [5, 5.41) is 0. The Bertz CT molecular complexity index is 182. The van der Waals surface area contributed by atoms with Gasteiger partial charge in [0.15, 0.2) is 0 Å². The van der Waals surface area contributed by atoms with Crippen molar-refractivity contribution in [3.05, 3.63) is 0 Å². The predicted molar refractivity (Wildman–Crippen MR) is 83.6 cm³/mol. The van der Waals surface area contributed by atoms with E-state index in [1.165, 1.54) is 25.7 Å². The predicted octanol–water partition coefficient (Wildman–Crippen LogP) is 4.92. The Balaban J connectivity index is 3.68. The van der Waals surface area contributed by atoms with Gasteiger partial charge in [-0.15, -0.1) is 0 Å². The minimum atomic E-state index is 0.559. The molecule has 0 spiro atoms. The van der Waals surface area contributed by atoms with Gasteiger partial charge >= 0.3 is 0 Å². The van der Waals surface area contributed by atoms with Crippen molar-refractivity contribution < 1.29 is 9.47 Å². The van der Waals surface area contributed by atoms with Gasteiger partial charge in [-0.05, 0) is 24.7 Å². The van der Waals surface area contributed by atoms with E-state index in [4.69, 9.17) is 9.47 Å². The van der Waals surface area contributed by atoms with Crippen LogP contribution in [0, 0.1) is 17.8 Å². The molecule has 2 heteroatoms. The first-order valence-corrected chi connectivity index (χ1v) is 8.33. The Morgan fingerprint density at radius 3 is 1.68 bits per heavy atom. The highest BCUT2D eigenvalue weighted by molar-refractivity contribution is 4.59. The number of ether oxygens (including phenoxy) is 2. The number of hydrogen-bond acceptors (Lipinski definition) is 2. The van der Waals surface area contributed by atoms with Gasteiger partial charge in [-0.3, -0.25) is 0 Å². The van der Waals surface area contributed by atoms with Gasteiger partial charge < -0.3 is 9.47 Å². The van der Waals surface area contributed by atoms with Gasteiger partial charge in [0.05, 0.1) is 13.2 Å². The molecule has 0 radical (unpaired) electrons. The highest BCUT2D eigenvalue weighted by Crippen LogP contribution is 2.13. The fraction of sp³-hybridized carbons (Fsp3) is 1.00. The van der Waals surface area contributed by atoms with Crippen LogP contribution < -0.4 is 0 Å². The normalized spacial score (nSPS) is 16.3. The molecule has 0 aromatic heterocycles. The smallest absolute Gasteiger partial charge is 0.0516 e. The van der Waals surface area contributed by atoms with Crippen molar-refractivity contribution in [1.82, 2.24) is 0 Å². The highest BCUT2D eigenvalue weighted by Gasteiger charge is 2.10. The van der Waals surface area contributed by atoms with E-state index in [2.05, 4.69) is 34.6 Å². The molecule has 0 N–H and O–H groups in total. The molecular weight excluding hydrogens is 236 g/mol. The molecule has 3 atom stereocenters. The van der Waals surface area contributed by atoms with Crippen molar-refractivity contribution in [2.75, 3.05) is 26.4 Å². The summed E-state index contributed by atoms with van der Waals surface area (Å²) in [5.74, 6) is 1.97. The van der Waals surface area contributed by atoms with Crippen molar-refractivity contribution in [3.8, 4) is 0 Å². The third kappa shape index (κ3) is 10.4. The summed E-state index contributed by atoms with van der Waals surface area (Å²) >= 11 is 0. The first-order chi connectivity index (χ1) is 9.17. The molecule has 0 aliphatic carbocycles. The molecule has 0 bridgehead atoms. The molecule has 116 valence electrons. The van der Waals surface area contributed by atoms with E-state index in [1.54, 1.807) is 0 Å². The van der Waals surface area contributed by atoms with Crippen molar-refractivity contribution in [2.24, 2.45) is 17.8 Å². The molecule has 0 saturated carbocycles. The topological polar surface area (TPSA) is 18.5 Å². The van der Waals surface area contributed by atoms with E-state index in [0.717, 1.165) is 38.8 Å². The van der Waals surface area contributed by atoms with Gasteiger partial charge in [-0.2, -0.15) is 0 Å². The molecule has 0 rings (SSSR count). The molecule has 0 amide bonds. The van der Waals surface area contributed by atoms with Gasteiger partial charge in [-0.1, -0.05) is 53.9 Å². The molecule has 0 aliphatic heterocycles. The largest absolute Gasteiger partial charge is 0.381 e. The summed E-state index contributed by atoms with van der Waals surface area (Å²) < 4.78 is 11.7. The average molecular weight is 272 g/mol. The maximum absolute atomic E-state index is 5.90. The third-order valence-corrected chi connectivity index (χ3v) is 4.01. The molecule has 3 unspecified atom stereocenters. The first-order valence-electron chi connectivity index (χ1n) is 8.33. The Labute approximate surface area is 121 Å². The molecule has 0 heterocycles. The van der Waals surface area contributed by atoms with Crippen molar-refractivity contribution in [1.29, 1.82) is 0 Å². The van der Waals surface area contributed by atoms with E-state index in [1.807, 2.05) is 0 Å². The summed E-state index contributed by atoms with van der Waals surface area (Å²) in [5.41, 5.74) is 0. The maximum atomic E-state index is 5.90. The van der Waals surface area contributed by atoms with Crippen molar-refractivity contribution in [3.63, 3.8) is 0 Å². The van der Waals surface area contributed by atoms with E-state index >= 15 is 0 Å². The molecule has 0 fully saturated rings. The molecular formula is C17H36O2. The van der Waals surface area contributed by atoms with Crippen molar-refractivity contribution >= 4 is 0 Å². The van der Waals surface area contributed by atoms with Crippen LogP contribution in [0.4, 0.5) is 0 Å². The first kappa shape index (κ1) is 18.9. The van der Waals surface area contributed by atoms with Gasteiger partial charge in [-0.25, -0.2) is 0 Å². The third-order valence-electron chi connectivity index (χ3n) is 4.01. The van der Waals surface area contributed by atoms with Crippen LogP contribution in [-0.4, -0.2) is 26.4 Å². The lowest BCUT2D eigenvalue weighted by atomic mass is 10.0. The van der Waals surface area contributed by atoms with Crippen LogP contribution in [-0.2, 0) is 9.47 Å². The average Bonchev–Trinajstić information content (AvgIpc) is 2.44. The zero-order valence-corrected chi connectivity index (χ0v) is 13.9. The van der Waals surface area contributed by atoms with Gasteiger partial charge in [0.2, 0.25) is 0 Å². The number of hydrogen-bond donors (Lipinski definition) is 0. The summed E-state index contributed by atoms with van der Waals surface area (Å²) in [4.78, 5) is 0. The molecule has 0 saturated heterocycles. The number of rotatable bonds is 13. The second kappa shape index (κ2) is 12.9. The SMILES string of the molecule is CCCC(CC)COCC(CC)COCC(C)CC. The lowest BCUT2D eigenvalue weighted by Crippen LogP contribution is -2.20. The zero-order chi connectivity index (χ0) is 14.5. The van der Waals surface area contributed by atoms with E-state index in [0.29, 0.717) is 11.8 Å². The Hall–Kier alpha value is -0.0800. The van der Waals surface area contributed by atoms with Crippen LogP contribution in [0.5, 0.6) is 0 Å². The van der Waals surface area contributed by atoms with Crippen molar-refractivity contribution in [2.45, 2.75) is 66.7 Å². The van der Waals surface area contributed by atoms with Gasteiger partial charge in [0.1, 0.15) is 0 Å². The summed E-state index contributed by atoms with van der Waals surface area (Å²) in [6, 6.07) is 0. The Kier molecular flexibility index (Phi) is 12.9. The van der Waals surface area contributed by atoms with E-state index in [9.17, 15) is 0 Å². The van der Waals surface area contributed by atoms with Crippen LogP contribution >= 0.6 is 0 Å². The second-order valence-corrected chi connectivity index (χ2v) is 5.93. The van der Waals surface area contributed by atoms with Gasteiger partial charge in [0.25, 0.3) is 0 Å². The summed E-state index contributed by atoms with van der Waals surface area (Å²) in [7, 11) is 0. The molecule has 0 aromatic rings. The highest BCUT2D eigenvalue weighted by atomic mass is 16.5. The summed E-state index contributed by atoms with van der Waals surface area (Å²) in [6.07, 6.45) is 6.12. The Morgan fingerprint density at radius 1 is 0.684 bits per heavy atom. The maximum Gasteiger partial charge on any atom is 0.0516 e. The molecule has 2 nitrogen and oxygen atoms in total. The van der Waals surface area contributed by atoms with E-state index < -0.39 is 0 Å². The monoisotopic (exact) mass is 272 g/mol. The minimum absolute atomic E-state index is 0.559. The fourth-order valence-corrected chi connectivity index (χ4v) is 2.05. The van der Waals surface area contributed by atoms with Crippen LogP contribution in [0.1, 0.15) is 66.7 Å². The van der Waals surface area contributed by atoms with Crippen LogP contribution in [0.15, 0.2) is 0 Å². The zero-order valence-electron chi connectivity index (χ0n) is 13.9. The lowest BCUT2D eigenvalue weighted by molar-refractivity contribution is 0.0157.